The summed E-state index contributed by atoms with van der Waals surface area (Å²) in [6, 6.07) is 11.3. The number of aromatic nitrogens is 1. The molecule has 0 fully saturated rings. The van der Waals surface area contributed by atoms with E-state index in [0.717, 1.165) is 0 Å². The quantitative estimate of drug-likeness (QED) is 0.548. The second kappa shape index (κ2) is 8.63. The van der Waals surface area contributed by atoms with Crippen molar-refractivity contribution < 1.29 is 23.0 Å². The molecule has 5 nitrogen and oxygen atoms in total. The van der Waals surface area contributed by atoms with Crippen molar-refractivity contribution in [2.45, 2.75) is 6.61 Å². The number of ether oxygens (including phenoxy) is 2. The number of nitrogens with zero attached hydrogens (tertiary/aromatic N) is 1. The Balaban J connectivity index is 2.04. The van der Waals surface area contributed by atoms with E-state index in [9.17, 15) is 9.18 Å². The van der Waals surface area contributed by atoms with Crippen LogP contribution in [0.3, 0.4) is 0 Å². The van der Waals surface area contributed by atoms with Gasteiger partial charge in [-0.1, -0.05) is 53.5 Å². The molecule has 0 aliphatic rings. The Morgan fingerprint density at radius 2 is 1.79 bits per heavy atom. The number of carbonyl (C=O) groups excluding carboxylic acids is 1. The van der Waals surface area contributed by atoms with Crippen molar-refractivity contribution in [2.75, 3.05) is 12.8 Å². The van der Waals surface area contributed by atoms with Gasteiger partial charge in [0.15, 0.2) is 17.4 Å². The molecule has 150 valence electrons. The van der Waals surface area contributed by atoms with Crippen LogP contribution in [0, 0.1) is 11.6 Å². The summed E-state index contributed by atoms with van der Waals surface area (Å²) in [5.41, 5.74) is 4.95. The molecule has 0 radical (unpaired) electrons. The first-order valence-electron chi connectivity index (χ1n) is 8.23. The van der Waals surface area contributed by atoms with Crippen LogP contribution in [-0.2, 0) is 11.3 Å². The summed E-state index contributed by atoms with van der Waals surface area (Å²) in [7, 11) is 1.21. The van der Waals surface area contributed by atoms with Crippen LogP contribution < -0.4 is 10.5 Å². The fourth-order valence-electron chi connectivity index (χ4n) is 2.62. The molecule has 0 saturated carbocycles. The molecule has 3 aromatic rings. The molecule has 1 aromatic heterocycles. The van der Waals surface area contributed by atoms with E-state index in [2.05, 4.69) is 4.98 Å². The van der Waals surface area contributed by atoms with Gasteiger partial charge >= 0.3 is 5.97 Å². The SMILES string of the molecule is COc1c(Cl)ccc(-c2nc(N)c(Cl)c(C(=O)OCc3ccccc3)c2F)c1F. The van der Waals surface area contributed by atoms with E-state index in [4.69, 9.17) is 38.4 Å². The lowest BCUT2D eigenvalue weighted by molar-refractivity contribution is 0.0467. The first-order valence-corrected chi connectivity index (χ1v) is 8.98. The maximum Gasteiger partial charge on any atom is 0.343 e. The molecule has 0 aliphatic carbocycles. The number of esters is 1. The van der Waals surface area contributed by atoms with Crippen molar-refractivity contribution in [1.29, 1.82) is 0 Å². The van der Waals surface area contributed by atoms with Gasteiger partial charge in [-0.25, -0.2) is 18.6 Å². The molecule has 29 heavy (non-hydrogen) atoms. The maximum absolute atomic E-state index is 15.1. The van der Waals surface area contributed by atoms with Crippen molar-refractivity contribution in [1.82, 2.24) is 4.98 Å². The predicted octanol–water partition coefficient (Wildman–Crippen LogP) is 5.28. The minimum atomic E-state index is -1.18. The zero-order valence-electron chi connectivity index (χ0n) is 15.0. The number of methoxy groups -OCH3 is 1. The van der Waals surface area contributed by atoms with E-state index >= 15 is 4.39 Å². The molecule has 3 rings (SSSR count). The van der Waals surface area contributed by atoms with E-state index in [0.29, 0.717) is 5.56 Å². The second-order valence-corrected chi connectivity index (χ2v) is 6.64. The van der Waals surface area contributed by atoms with Gasteiger partial charge in [0, 0.05) is 5.56 Å². The Labute approximate surface area is 175 Å². The highest BCUT2D eigenvalue weighted by molar-refractivity contribution is 6.36. The van der Waals surface area contributed by atoms with Crippen LogP contribution in [-0.4, -0.2) is 18.1 Å². The van der Waals surface area contributed by atoms with Crippen molar-refractivity contribution >= 4 is 35.0 Å². The number of hydrogen-bond acceptors (Lipinski definition) is 5. The van der Waals surface area contributed by atoms with E-state index in [-0.39, 0.29) is 28.8 Å². The predicted molar refractivity (Wildman–Crippen MR) is 106 cm³/mol. The molecule has 1 heterocycles. The molecule has 2 aromatic carbocycles. The first kappa shape index (κ1) is 20.8. The molecule has 2 N–H and O–H groups in total. The molecule has 0 spiro atoms. The number of anilines is 1. The first-order chi connectivity index (χ1) is 13.8. The Morgan fingerprint density at radius 3 is 2.45 bits per heavy atom. The number of nitrogen functional groups attached to an aromatic ring is 1. The van der Waals surface area contributed by atoms with Gasteiger partial charge in [0.05, 0.1) is 12.1 Å². The summed E-state index contributed by atoms with van der Waals surface area (Å²) in [5.74, 6) is -3.86. The Kier molecular flexibility index (Phi) is 6.20. The van der Waals surface area contributed by atoms with Gasteiger partial charge in [-0.3, -0.25) is 0 Å². The number of benzene rings is 2. The normalized spacial score (nSPS) is 10.7. The monoisotopic (exact) mass is 438 g/mol. The van der Waals surface area contributed by atoms with Gasteiger partial charge in [0.25, 0.3) is 0 Å². The fourth-order valence-corrected chi connectivity index (χ4v) is 3.04. The van der Waals surface area contributed by atoms with Gasteiger partial charge in [0.1, 0.15) is 28.7 Å². The van der Waals surface area contributed by atoms with E-state index in [1.165, 1.54) is 19.2 Å². The number of nitrogens with two attached hydrogens (primary N) is 1. The highest BCUT2D eigenvalue weighted by Gasteiger charge is 2.27. The average Bonchev–Trinajstić information content (AvgIpc) is 2.71. The maximum atomic E-state index is 15.1. The lowest BCUT2D eigenvalue weighted by Crippen LogP contribution is -2.13. The van der Waals surface area contributed by atoms with Crippen LogP contribution in [0.25, 0.3) is 11.3 Å². The van der Waals surface area contributed by atoms with E-state index in [1.54, 1.807) is 30.3 Å². The number of hydrogen-bond donors (Lipinski definition) is 1. The summed E-state index contributed by atoms with van der Waals surface area (Å²) < 4.78 is 39.9. The van der Waals surface area contributed by atoms with Crippen molar-refractivity contribution in [3.8, 4) is 17.0 Å². The van der Waals surface area contributed by atoms with Gasteiger partial charge in [-0.15, -0.1) is 0 Å². The largest absolute Gasteiger partial charge is 0.492 e. The molecule has 0 unspecified atom stereocenters. The van der Waals surface area contributed by atoms with Crippen molar-refractivity contribution in [2.24, 2.45) is 0 Å². The summed E-state index contributed by atoms with van der Waals surface area (Å²) in [5, 5.41) is -0.441. The highest BCUT2D eigenvalue weighted by Crippen LogP contribution is 2.38. The summed E-state index contributed by atoms with van der Waals surface area (Å²) in [4.78, 5) is 16.3. The molecular formula is C20H14Cl2F2N2O3. The topological polar surface area (TPSA) is 74.4 Å². The van der Waals surface area contributed by atoms with Crippen LogP contribution in [0.1, 0.15) is 15.9 Å². The van der Waals surface area contributed by atoms with Gasteiger partial charge in [-0.2, -0.15) is 0 Å². The minimum Gasteiger partial charge on any atom is -0.492 e. The van der Waals surface area contributed by atoms with E-state index in [1.807, 2.05) is 0 Å². The van der Waals surface area contributed by atoms with E-state index < -0.39 is 33.9 Å². The van der Waals surface area contributed by atoms with Crippen LogP contribution in [0.4, 0.5) is 14.6 Å². The molecule has 9 heteroatoms. The average molecular weight is 439 g/mol. The Hall–Kier alpha value is -2.90. The van der Waals surface area contributed by atoms with Crippen LogP contribution >= 0.6 is 23.2 Å². The molecule has 0 aliphatic heterocycles. The molecule has 0 bridgehead atoms. The third-order valence-electron chi connectivity index (χ3n) is 4.03. The standard InChI is InChI=1S/C20H14Cl2F2N2O3/c1-28-18-12(21)8-7-11(15(18)23)17-16(24)13(14(22)19(25)26-17)20(27)29-9-10-5-3-2-4-6-10/h2-8H,9H2,1H3,(H2,25,26). The summed E-state index contributed by atoms with van der Waals surface area (Å²) in [6.07, 6.45) is 0. The zero-order chi connectivity index (χ0) is 21.1. The summed E-state index contributed by atoms with van der Waals surface area (Å²) >= 11 is 11.9. The van der Waals surface area contributed by atoms with Gasteiger partial charge in [0.2, 0.25) is 0 Å². The van der Waals surface area contributed by atoms with Crippen molar-refractivity contribution in [3.63, 3.8) is 0 Å². The smallest absolute Gasteiger partial charge is 0.343 e. The molecule has 0 saturated heterocycles. The number of halogens is 4. The third kappa shape index (κ3) is 4.11. The number of pyridine rings is 1. The fraction of sp³-hybridized carbons (Fsp3) is 0.100. The Morgan fingerprint density at radius 1 is 1.10 bits per heavy atom. The van der Waals surface area contributed by atoms with Crippen LogP contribution in [0.15, 0.2) is 42.5 Å². The second-order valence-electron chi connectivity index (χ2n) is 5.85. The zero-order valence-corrected chi connectivity index (χ0v) is 16.5. The number of rotatable bonds is 5. The van der Waals surface area contributed by atoms with Gasteiger partial charge in [-0.05, 0) is 17.7 Å². The lowest BCUT2D eigenvalue weighted by atomic mass is 10.1. The van der Waals surface area contributed by atoms with Crippen LogP contribution in [0.5, 0.6) is 5.75 Å². The van der Waals surface area contributed by atoms with Crippen molar-refractivity contribution in [3.05, 3.63) is 75.3 Å². The Bertz CT molecular complexity index is 1080. The molecular weight excluding hydrogens is 425 g/mol. The third-order valence-corrected chi connectivity index (χ3v) is 4.71. The minimum absolute atomic E-state index is 0.0152. The highest BCUT2D eigenvalue weighted by atomic mass is 35.5. The van der Waals surface area contributed by atoms with Crippen LogP contribution in [0.2, 0.25) is 10.0 Å². The lowest BCUT2D eigenvalue weighted by Gasteiger charge is -2.14. The molecule has 0 atom stereocenters. The number of carbonyl (C=O) groups is 1. The summed E-state index contributed by atoms with van der Waals surface area (Å²) in [6.45, 7) is -0.115. The molecule has 0 amide bonds. The van der Waals surface area contributed by atoms with Gasteiger partial charge < -0.3 is 15.2 Å².